The van der Waals surface area contributed by atoms with E-state index in [-0.39, 0.29) is 0 Å². The molecule has 1 N–H and O–H groups in total. The van der Waals surface area contributed by atoms with Crippen LogP contribution < -0.4 is 10.1 Å². The maximum Gasteiger partial charge on any atom is 0.119 e. The number of nitrogens with one attached hydrogen (secondary N) is 1. The van der Waals surface area contributed by atoms with E-state index in [4.69, 9.17) is 9.47 Å². The summed E-state index contributed by atoms with van der Waals surface area (Å²) in [6.07, 6.45) is 0. The average Bonchev–Trinajstić information content (AvgIpc) is 2.30. The van der Waals surface area contributed by atoms with Gasteiger partial charge in [0.15, 0.2) is 0 Å². The summed E-state index contributed by atoms with van der Waals surface area (Å²) in [5, 5.41) is 3.48. The Hall–Kier alpha value is -1.06. The lowest BCUT2D eigenvalue weighted by atomic mass is 10.1. The minimum absolute atomic E-state index is 0.316. The first-order valence-electron chi connectivity index (χ1n) is 6.15. The zero-order valence-electron chi connectivity index (χ0n) is 11.2. The van der Waals surface area contributed by atoms with Crippen molar-refractivity contribution in [2.75, 3.05) is 20.3 Å². The van der Waals surface area contributed by atoms with Crippen LogP contribution in [0.15, 0.2) is 24.3 Å². The molecular formula is C14H23NO2. The van der Waals surface area contributed by atoms with E-state index in [0.717, 1.165) is 12.4 Å². The Bertz CT molecular complexity index is 311. The number of ether oxygens (including phenoxy) is 2. The highest BCUT2D eigenvalue weighted by Crippen LogP contribution is 2.17. The largest absolute Gasteiger partial charge is 0.494 e. The second-order valence-electron chi connectivity index (χ2n) is 4.25. The molecule has 2 unspecified atom stereocenters. The molecule has 0 aromatic heterocycles. The molecule has 1 rings (SSSR count). The number of methoxy groups -OCH3 is 1. The second kappa shape index (κ2) is 7.30. The summed E-state index contributed by atoms with van der Waals surface area (Å²) in [5.74, 6) is 0.924. The fourth-order valence-electron chi connectivity index (χ4n) is 1.84. The van der Waals surface area contributed by atoms with Crippen molar-refractivity contribution in [2.24, 2.45) is 0 Å². The Morgan fingerprint density at radius 3 is 2.35 bits per heavy atom. The Labute approximate surface area is 104 Å². The normalized spacial score (nSPS) is 14.4. The monoisotopic (exact) mass is 237 g/mol. The molecule has 0 amide bonds. The van der Waals surface area contributed by atoms with Crippen LogP contribution in [-0.4, -0.2) is 26.4 Å². The summed E-state index contributed by atoms with van der Waals surface area (Å²) in [7, 11) is 1.72. The summed E-state index contributed by atoms with van der Waals surface area (Å²) < 4.78 is 10.5. The molecule has 0 saturated heterocycles. The molecule has 0 aliphatic carbocycles. The first-order valence-corrected chi connectivity index (χ1v) is 6.15. The highest BCUT2D eigenvalue weighted by atomic mass is 16.5. The lowest BCUT2D eigenvalue weighted by Crippen LogP contribution is -2.32. The molecule has 0 radical (unpaired) electrons. The lowest BCUT2D eigenvalue weighted by Gasteiger charge is -2.20. The summed E-state index contributed by atoms with van der Waals surface area (Å²) >= 11 is 0. The molecule has 0 aliphatic rings. The third kappa shape index (κ3) is 4.75. The third-order valence-electron chi connectivity index (χ3n) is 2.64. The van der Waals surface area contributed by atoms with E-state index in [1.54, 1.807) is 7.11 Å². The van der Waals surface area contributed by atoms with E-state index in [0.29, 0.717) is 18.7 Å². The van der Waals surface area contributed by atoms with Crippen LogP contribution in [-0.2, 0) is 4.74 Å². The van der Waals surface area contributed by atoms with Gasteiger partial charge in [0.05, 0.1) is 13.2 Å². The minimum atomic E-state index is 0.316. The van der Waals surface area contributed by atoms with Crippen LogP contribution in [0.25, 0.3) is 0 Å². The zero-order valence-corrected chi connectivity index (χ0v) is 11.2. The van der Waals surface area contributed by atoms with Gasteiger partial charge in [0.2, 0.25) is 0 Å². The van der Waals surface area contributed by atoms with Crippen molar-refractivity contribution < 1.29 is 9.47 Å². The predicted octanol–water partition coefficient (Wildman–Crippen LogP) is 2.77. The summed E-state index contributed by atoms with van der Waals surface area (Å²) in [4.78, 5) is 0. The molecule has 0 aliphatic heterocycles. The number of benzene rings is 1. The van der Waals surface area contributed by atoms with Crippen molar-refractivity contribution in [3.8, 4) is 5.75 Å². The van der Waals surface area contributed by atoms with Gasteiger partial charge in [-0.2, -0.15) is 0 Å². The van der Waals surface area contributed by atoms with Crippen molar-refractivity contribution in [1.82, 2.24) is 5.32 Å². The molecule has 1 aromatic rings. The van der Waals surface area contributed by atoms with Crippen LogP contribution in [0.4, 0.5) is 0 Å². The van der Waals surface area contributed by atoms with E-state index >= 15 is 0 Å². The molecule has 0 spiro atoms. The highest BCUT2D eigenvalue weighted by molar-refractivity contribution is 5.28. The molecule has 3 heteroatoms. The third-order valence-corrected chi connectivity index (χ3v) is 2.64. The van der Waals surface area contributed by atoms with Crippen molar-refractivity contribution in [3.63, 3.8) is 0 Å². The van der Waals surface area contributed by atoms with Crippen LogP contribution in [0.2, 0.25) is 0 Å². The Balaban J connectivity index is 2.53. The molecule has 1 aromatic carbocycles. The first kappa shape index (κ1) is 14.0. The topological polar surface area (TPSA) is 30.5 Å². The fourth-order valence-corrected chi connectivity index (χ4v) is 1.84. The molecule has 17 heavy (non-hydrogen) atoms. The lowest BCUT2D eigenvalue weighted by molar-refractivity contribution is 0.167. The van der Waals surface area contributed by atoms with Crippen LogP contribution >= 0.6 is 0 Å². The maximum atomic E-state index is 5.42. The molecule has 96 valence electrons. The van der Waals surface area contributed by atoms with E-state index < -0.39 is 0 Å². The van der Waals surface area contributed by atoms with Gasteiger partial charge in [-0.1, -0.05) is 12.1 Å². The predicted molar refractivity (Wildman–Crippen MR) is 70.5 cm³/mol. The summed E-state index contributed by atoms with van der Waals surface area (Å²) in [6, 6.07) is 8.89. The van der Waals surface area contributed by atoms with E-state index in [1.807, 2.05) is 19.1 Å². The van der Waals surface area contributed by atoms with Gasteiger partial charge in [-0.3, -0.25) is 0 Å². The number of rotatable bonds is 7. The molecular weight excluding hydrogens is 214 g/mol. The van der Waals surface area contributed by atoms with Crippen molar-refractivity contribution in [3.05, 3.63) is 29.8 Å². The Morgan fingerprint density at radius 1 is 1.18 bits per heavy atom. The van der Waals surface area contributed by atoms with Crippen LogP contribution in [0.3, 0.4) is 0 Å². The quantitative estimate of drug-likeness (QED) is 0.791. The Morgan fingerprint density at radius 2 is 1.82 bits per heavy atom. The number of hydrogen-bond acceptors (Lipinski definition) is 3. The van der Waals surface area contributed by atoms with E-state index in [9.17, 15) is 0 Å². The van der Waals surface area contributed by atoms with Gasteiger partial charge < -0.3 is 14.8 Å². The molecule has 0 saturated carbocycles. The molecule has 0 bridgehead atoms. The Kier molecular flexibility index (Phi) is 6.01. The van der Waals surface area contributed by atoms with Crippen molar-refractivity contribution in [2.45, 2.75) is 32.9 Å². The SMILES string of the molecule is CCOc1ccc(C(C)NC(C)COC)cc1. The molecule has 0 fully saturated rings. The standard InChI is InChI=1S/C14H23NO2/c1-5-17-14-8-6-13(7-9-14)12(3)15-11(2)10-16-4/h6-9,11-12,15H,5,10H2,1-4H3. The van der Waals surface area contributed by atoms with Crippen molar-refractivity contribution >= 4 is 0 Å². The fraction of sp³-hybridized carbons (Fsp3) is 0.571. The van der Waals surface area contributed by atoms with Gasteiger partial charge in [-0.15, -0.1) is 0 Å². The first-order chi connectivity index (χ1) is 8.17. The highest BCUT2D eigenvalue weighted by Gasteiger charge is 2.09. The van der Waals surface area contributed by atoms with Gasteiger partial charge in [-0.25, -0.2) is 0 Å². The smallest absolute Gasteiger partial charge is 0.119 e. The van der Waals surface area contributed by atoms with Gasteiger partial charge >= 0.3 is 0 Å². The maximum absolute atomic E-state index is 5.42. The van der Waals surface area contributed by atoms with Crippen LogP contribution in [0.5, 0.6) is 5.75 Å². The van der Waals surface area contributed by atoms with Crippen molar-refractivity contribution in [1.29, 1.82) is 0 Å². The van der Waals surface area contributed by atoms with Gasteiger partial charge in [0.25, 0.3) is 0 Å². The van der Waals surface area contributed by atoms with Crippen LogP contribution in [0.1, 0.15) is 32.4 Å². The summed E-state index contributed by atoms with van der Waals surface area (Å²) in [5.41, 5.74) is 1.26. The minimum Gasteiger partial charge on any atom is -0.494 e. The number of hydrogen-bond donors (Lipinski definition) is 1. The van der Waals surface area contributed by atoms with Gasteiger partial charge in [0.1, 0.15) is 5.75 Å². The molecule has 3 nitrogen and oxygen atoms in total. The second-order valence-corrected chi connectivity index (χ2v) is 4.25. The summed E-state index contributed by atoms with van der Waals surface area (Å²) in [6.45, 7) is 7.69. The van der Waals surface area contributed by atoms with E-state index in [1.165, 1.54) is 5.56 Å². The van der Waals surface area contributed by atoms with Gasteiger partial charge in [0, 0.05) is 19.2 Å². The zero-order chi connectivity index (χ0) is 12.7. The van der Waals surface area contributed by atoms with E-state index in [2.05, 4.69) is 31.3 Å². The van der Waals surface area contributed by atoms with Gasteiger partial charge in [-0.05, 0) is 38.5 Å². The van der Waals surface area contributed by atoms with Crippen LogP contribution in [0, 0.1) is 0 Å². The molecule has 0 heterocycles. The average molecular weight is 237 g/mol. The molecule has 2 atom stereocenters.